The molecule has 2 aromatic carbocycles. The van der Waals surface area contributed by atoms with E-state index < -0.39 is 4.92 Å². The van der Waals surface area contributed by atoms with Crippen LogP contribution in [0, 0.1) is 10.1 Å². The smallest absolute Gasteiger partial charge is 0.274 e. The van der Waals surface area contributed by atoms with Gasteiger partial charge in [-0.3, -0.25) is 15.0 Å². The van der Waals surface area contributed by atoms with Gasteiger partial charge in [0.15, 0.2) is 0 Å². The van der Waals surface area contributed by atoms with Crippen molar-refractivity contribution in [2.24, 2.45) is 0 Å². The van der Waals surface area contributed by atoms with Crippen LogP contribution in [0.25, 0.3) is 0 Å². The summed E-state index contributed by atoms with van der Waals surface area (Å²) in [6.07, 6.45) is 0. The molecule has 0 spiro atoms. The summed E-state index contributed by atoms with van der Waals surface area (Å²) in [5.74, 6) is 0. The second-order valence-corrected chi connectivity index (χ2v) is 5.04. The number of benzene rings is 2. The number of hydroxylamine groups is 1. The molecular weight excluding hydrogens is 324 g/mol. The number of hydrogen-bond donors (Lipinski definition) is 1. The zero-order valence-electron chi connectivity index (χ0n) is 10.6. The number of nitro benzene ring substituents is 1. The summed E-state index contributed by atoms with van der Waals surface area (Å²) in [6.45, 7) is 0.672. The lowest BCUT2D eigenvalue weighted by Gasteiger charge is -2.07. The van der Waals surface area contributed by atoms with E-state index in [1.807, 2.05) is 30.3 Å². The fourth-order valence-electron chi connectivity index (χ4n) is 1.71. The third kappa shape index (κ3) is 4.12. The summed E-state index contributed by atoms with van der Waals surface area (Å²) >= 11 is 3.30. The maximum absolute atomic E-state index is 10.9. The molecule has 0 saturated carbocycles. The van der Waals surface area contributed by atoms with Gasteiger partial charge < -0.3 is 0 Å². The van der Waals surface area contributed by atoms with E-state index in [-0.39, 0.29) is 12.2 Å². The monoisotopic (exact) mass is 336 g/mol. The van der Waals surface area contributed by atoms with Crippen molar-refractivity contribution >= 4 is 21.6 Å². The lowest BCUT2D eigenvalue weighted by Crippen LogP contribution is -2.15. The average Bonchev–Trinajstić information content (AvgIpc) is 2.44. The molecule has 0 aliphatic rings. The Morgan fingerprint density at radius 2 is 1.95 bits per heavy atom. The number of nitro groups is 1. The number of nitrogens with one attached hydrogen (secondary N) is 1. The largest absolute Gasteiger partial charge is 0.297 e. The molecule has 0 aliphatic carbocycles. The quantitative estimate of drug-likeness (QED) is 0.497. The minimum absolute atomic E-state index is 0.0732. The Bertz CT molecular complexity index is 590. The van der Waals surface area contributed by atoms with Crippen LogP contribution in [0.5, 0.6) is 0 Å². The molecule has 6 heteroatoms. The van der Waals surface area contributed by atoms with E-state index in [9.17, 15) is 10.1 Å². The van der Waals surface area contributed by atoms with Gasteiger partial charge in [-0.25, -0.2) is 0 Å². The van der Waals surface area contributed by atoms with Crippen LogP contribution in [0.2, 0.25) is 0 Å². The van der Waals surface area contributed by atoms with Crippen molar-refractivity contribution in [2.45, 2.75) is 13.2 Å². The molecule has 0 atom stereocenters. The molecule has 2 aromatic rings. The molecule has 0 radical (unpaired) electrons. The Morgan fingerprint density at radius 1 is 1.20 bits per heavy atom. The van der Waals surface area contributed by atoms with E-state index in [0.29, 0.717) is 12.2 Å². The van der Waals surface area contributed by atoms with Crippen LogP contribution in [-0.2, 0) is 18.0 Å². The van der Waals surface area contributed by atoms with Crippen LogP contribution in [0.3, 0.4) is 0 Å². The molecule has 104 valence electrons. The third-order valence-corrected chi connectivity index (χ3v) is 3.18. The lowest BCUT2D eigenvalue weighted by molar-refractivity contribution is -0.385. The molecule has 0 amide bonds. The van der Waals surface area contributed by atoms with Gasteiger partial charge in [0, 0.05) is 16.1 Å². The van der Waals surface area contributed by atoms with E-state index in [0.717, 1.165) is 10.0 Å². The highest BCUT2D eigenvalue weighted by atomic mass is 79.9. The summed E-state index contributed by atoms with van der Waals surface area (Å²) < 4.78 is 0.794. The average molecular weight is 337 g/mol. The predicted molar refractivity (Wildman–Crippen MR) is 78.9 cm³/mol. The van der Waals surface area contributed by atoms with E-state index in [2.05, 4.69) is 21.4 Å². The van der Waals surface area contributed by atoms with Gasteiger partial charge in [0.25, 0.3) is 5.69 Å². The van der Waals surface area contributed by atoms with Gasteiger partial charge in [-0.15, -0.1) is 0 Å². The second kappa shape index (κ2) is 7.14. The normalized spacial score (nSPS) is 10.4. The van der Waals surface area contributed by atoms with Crippen molar-refractivity contribution in [2.75, 3.05) is 0 Å². The standard InChI is InChI=1S/C14H13BrN2O3/c15-13-6-7-14(17(18)19)12(8-13)9-16-20-10-11-4-2-1-3-5-11/h1-8,16H,9-10H2. The molecule has 0 heterocycles. The molecular formula is C14H13BrN2O3. The van der Waals surface area contributed by atoms with E-state index in [1.165, 1.54) is 6.07 Å². The number of halogens is 1. The van der Waals surface area contributed by atoms with Gasteiger partial charge in [0.1, 0.15) is 0 Å². The fraction of sp³-hybridized carbons (Fsp3) is 0.143. The lowest BCUT2D eigenvalue weighted by atomic mass is 10.2. The van der Waals surface area contributed by atoms with Gasteiger partial charge in [-0.2, -0.15) is 5.48 Å². The first-order valence-electron chi connectivity index (χ1n) is 5.98. The summed E-state index contributed by atoms with van der Waals surface area (Å²) in [5, 5.41) is 10.9. The van der Waals surface area contributed by atoms with Gasteiger partial charge in [-0.05, 0) is 17.7 Å². The highest BCUT2D eigenvalue weighted by molar-refractivity contribution is 9.10. The van der Waals surface area contributed by atoms with Crippen molar-refractivity contribution in [3.05, 3.63) is 74.2 Å². The maximum Gasteiger partial charge on any atom is 0.274 e. The SMILES string of the molecule is O=[N+]([O-])c1ccc(Br)cc1CNOCc1ccccc1. The minimum atomic E-state index is -0.402. The Balaban J connectivity index is 1.91. The number of nitrogens with zero attached hydrogens (tertiary/aromatic N) is 1. The summed E-state index contributed by atoms with van der Waals surface area (Å²) in [6, 6.07) is 14.5. The maximum atomic E-state index is 10.9. The highest BCUT2D eigenvalue weighted by Gasteiger charge is 2.13. The Labute approximate surface area is 124 Å². The van der Waals surface area contributed by atoms with Gasteiger partial charge in [0.2, 0.25) is 0 Å². The molecule has 20 heavy (non-hydrogen) atoms. The molecule has 0 aliphatic heterocycles. The van der Waals surface area contributed by atoms with Crippen LogP contribution >= 0.6 is 15.9 Å². The van der Waals surface area contributed by atoms with Crippen LogP contribution in [0.1, 0.15) is 11.1 Å². The van der Waals surface area contributed by atoms with Crippen molar-refractivity contribution in [3.63, 3.8) is 0 Å². The second-order valence-electron chi connectivity index (χ2n) is 4.13. The van der Waals surface area contributed by atoms with Gasteiger partial charge >= 0.3 is 0 Å². The summed E-state index contributed by atoms with van der Waals surface area (Å²) in [4.78, 5) is 15.8. The van der Waals surface area contributed by atoms with E-state index >= 15 is 0 Å². The number of hydrogen-bond acceptors (Lipinski definition) is 4. The Kier molecular flexibility index (Phi) is 5.23. The molecule has 0 fully saturated rings. The third-order valence-electron chi connectivity index (χ3n) is 2.68. The van der Waals surface area contributed by atoms with Crippen molar-refractivity contribution in [3.8, 4) is 0 Å². The molecule has 0 saturated heterocycles. The van der Waals surface area contributed by atoms with Crippen LogP contribution in [-0.4, -0.2) is 4.92 Å². The summed E-state index contributed by atoms with van der Waals surface area (Å²) in [5.41, 5.74) is 4.42. The zero-order chi connectivity index (χ0) is 14.4. The fourth-order valence-corrected chi connectivity index (χ4v) is 2.12. The highest BCUT2D eigenvalue weighted by Crippen LogP contribution is 2.22. The molecule has 2 rings (SSSR count). The van der Waals surface area contributed by atoms with Gasteiger partial charge in [0.05, 0.1) is 18.1 Å². The molecule has 5 nitrogen and oxygen atoms in total. The van der Waals surface area contributed by atoms with E-state index in [1.54, 1.807) is 12.1 Å². The minimum Gasteiger partial charge on any atom is -0.297 e. The van der Waals surface area contributed by atoms with Crippen LogP contribution in [0.15, 0.2) is 53.0 Å². The first kappa shape index (κ1) is 14.6. The summed E-state index contributed by atoms with van der Waals surface area (Å²) in [7, 11) is 0. The Hall–Kier alpha value is -1.76. The number of rotatable bonds is 6. The molecule has 0 aromatic heterocycles. The van der Waals surface area contributed by atoms with E-state index in [4.69, 9.17) is 4.84 Å². The molecule has 1 N–H and O–H groups in total. The first-order chi connectivity index (χ1) is 9.66. The Morgan fingerprint density at radius 3 is 2.65 bits per heavy atom. The van der Waals surface area contributed by atoms with Crippen LogP contribution < -0.4 is 5.48 Å². The zero-order valence-corrected chi connectivity index (χ0v) is 12.2. The van der Waals surface area contributed by atoms with Crippen molar-refractivity contribution in [1.82, 2.24) is 5.48 Å². The van der Waals surface area contributed by atoms with Crippen LogP contribution in [0.4, 0.5) is 5.69 Å². The van der Waals surface area contributed by atoms with Crippen molar-refractivity contribution in [1.29, 1.82) is 0 Å². The topological polar surface area (TPSA) is 64.4 Å². The predicted octanol–water partition coefficient (Wildman–Crippen LogP) is 3.58. The first-order valence-corrected chi connectivity index (χ1v) is 6.77. The van der Waals surface area contributed by atoms with Gasteiger partial charge in [-0.1, -0.05) is 46.3 Å². The molecule has 0 unspecified atom stereocenters. The molecule has 0 bridgehead atoms. The van der Waals surface area contributed by atoms with Crippen molar-refractivity contribution < 1.29 is 9.76 Å².